The largest absolute Gasteiger partial charge is 0.508 e. The number of phenols is 1. The summed E-state index contributed by atoms with van der Waals surface area (Å²) in [5.41, 5.74) is 0.760. The topological polar surface area (TPSA) is 112 Å². The molecule has 0 bridgehead atoms. The molecule has 3 fully saturated rings. The van der Waals surface area contributed by atoms with Crippen molar-refractivity contribution in [1.82, 2.24) is 0 Å². The molecule has 1 saturated carbocycles. The number of halogens is 3. The molecule has 7 rings (SSSR count). The number of anilines is 2. The lowest BCUT2D eigenvalue weighted by molar-refractivity contribution is -0.131. The smallest absolute Gasteiger partial charge is 0.241 e. The van der Waals surface area contributed by atoms with E-state index in [9.17, 15) is 33.5 Å². The molecule has 0 spiro atoms. The number of rotatable bonds is 4. The van der Waals surface area contributed by atoms with E-state index in [1.54, 1.807) is 37.3 Å². The molecule has 2 saturated heterocycles. The Balaban J connectivity index is 1.35. The lowest BCUT2D eigenvalue weighted by atomic mass is 9.51. The highest BCUT2D eigenvalue weighted by molar-refractivity contribution is 6.32. The number of nitrogens with zero attached hydrogens (tertiary/aromatic N) is 2. The van der Waals surface area contributed by atoms with E-state index in [1.807, 2.05) is 6.08 Å². The van der Waals surface area contributed by atoms with Crippen LogP contribution in [0.4, 0.5) is 15.8 Å². The first kappa shape index (κ1) is 30.3. The van der Waals surface area contributed by atoms with Crippen LogP contribution in [0.2, 0.25) is 10.0 Å². The van der Waals surface area contributed by atoms with Crippen LogP contribution < -0.4 is 9.80 Å². The Morgan fingerprint density at radius 2 is 1.57 bits per heavy atom. The zero-order valence-corrected chi connectivity index (χ0v) is 26.2. The standard InChI is InChI=1S/C35H27Cl2FN2O6/c1-16(41)17-3-5-18(6-4-17)39-31(43)23-11-10-21-24(29(23)33(39)45)15-25-32(44)40(19-7-12-28(38)27(37)13-19)34(46)35(25,2)30(21)22-9-8-20(42)14-26(22)36/h3-10,12-14,23-25,29-30,42H,11,15H2,1-2H3/t23-,24+,25-,29-,30+,35+/m0/s1. The van der Waals surface area contributed by atoms with Gasteiger partial charge in [-0.05, 0) is 92.8 Å². The zero-order chi connectivity index (χ0) is 32.8. The van der Waals surface area contributed by atoms with E-state index in [2.05, 4.69) is 0 Å². The molecule has 8 nitrogen and oxygen atoms in total. The number of hydrogen-bond donors (Lipinski definition) is 1. The predicted octanol–water partition coefficient (Wildman–Crippen LogP) is 6.48. The number of Topliss-reactive ketones (excluding diaryl/α,β-unsaturated/α-hetero) is 1. The molecule has 2 heterocycles. The van der Waals surface area contributed by atoms with E-state index >= 15 is 0 Å². The Morgan fingerprint density at radius 1 is 0.870 bits per heavy atom. The van der Waals surface area contributed by atoms with Crippen LogP contribution in [0.5, 0.6) is 5.75 Å². The number of fused-ring (bicyclic) bond motifs is 4. The van der Waals surface area contributed by atoms with Crippen LogP contribution in [-0.4, -0.2) is 34.5 Å². The molecule has 4 amide bonds. The molecular formula is C35H27Cl2FN2O6. The molecule has 6 atom stereocenters. The molecule has 2 aliphatic carbocycles. The highest BCUT2D eigenvalue weighted by Gasteiger charge is 2.68. The summed E-state index contributed by atoms with van der Waals surface area (Å²) in [6.45, 7) is 3.13. The lowest BCUT2D eigenvalue weighted by Crippen LogP contribution is -2.49. The van der Waals surface area contributed by atoms with Crippen molar-refractivity contribution < 1.29 is 33.5 Å². The van der Waals surface area contributed by atoms with Crippen molar-refractivity contribution >= 4 is 64.0 Å². The van der Waals surface area contributed by atoms with Gasteiger partial charge in [0.05, 0.1) is 39.6 Å². The van der Waals surface area contributed by atoms with Gasteiger partial charge in [0.25, 0.3) is 0 Å². The molecule has 0 radical (unpaired) electrons. The highest BCUT2D eigenvalue weighted by Crippen LogP contribution is 2.64. The monoisotopic (exact) mass is 660 g/mol. The van der Waals surface area contributed by atoms with E-state index in [0.717, 1.165) is 21.4 Å². The minimum Gasteiger partial charge on any atom is -0.508 e. The lowest BCUT2D eigenvalue weighted by Gasteiger charge is -2.49. The maximum Gasteiger partial charge on any atom is 0.241 e. The molecule has 11 heteroatoms. The third-order valence-electron chi connectivity index (χ3n) is 10.3. The highest BCUT2D eigenvalue weighted by atomic mass is 35.5. The van der Waals surface area contributed by atoms with Gasteiger partial charge in [-0.25, -0.2) is 9.29 Å². The fourth-order valence-electron chi connectivity index (χ4n) is 8.08. The van der Waals surface area contributed by atoms with Crippen molar-refractivity contribution in [3.05, 3.63) is 99.3 Å². The fraction of sp³-hybridized carbons (Fsp3) is 0.286. The molecule has 46 heavy (non-hydrogen) atoms. The van der Waals surface area contributed by atoms with Gasteiger partial charge in [0, 0.05) is 16.5 Å². The van der Waals surface area contributed by atoms with Gasteiger partial charge in [-0.3, -0.25) is 28.9 Å². The summed E-state index contributed by atoms with van der Waals surface area (Å²) < 4.78 is 14.1. The van der Waals surface area contributed by atoms with Crippen molar-refractivity contribution in [3.63, 3.8) is 0 Å². The van der Waals surface area contributed by atoms with Gasteiger partial charge in [-0.1, -0.05) is 40.9 Å². The van der Waals surface area contributed by atoms with Crippen molar-refractivity contribution in [2.75, 3.05) is 9.80 Å². The molecule has 3 aromatic carbocycles. The summed E-state index contributed by atoms with van der Waals surface area (Å²) in [6, 6.07) is 14.3. The Bertz CT molecular complexity index is 1930. The van der Waals surface area contributed by atoms with Crippen molar-refractivity contribution in [1.29, 1.82) is 0 Å². The second-order valence-electron chi connectivity index (χ2n) is 12.6. The van der Waals surface area contributed by atoms with E-state index in [-0.39, 0.29) is 46.0 Å². The van der Waals surface area contributed by atoms with Crippen LogP contribution in [0.15, 0.2) is 72.3 Å². The Kier molecular flexibility index (Phi) is 6.99. The second kappa shape index (κ2) is 10.6. The number of phenolic OH excluding ortho intramolecular Hbond substituents is 1. The normalized spacial score (nSPS) is 28.6. The van der Waals surface area contributed by atoms with Crippen LogP contribution >= 0.6 is 23.2 Å². The fourth-order valence-corrected chi connectivity index (χ4v) is 8.54. The third-order valence-corrected chi connectivity index (χ3v) is 10.9. The first-order chi connectivity index (χ1) is 21.8. The number of carbonyl (C=O) groups is 5. The van der Waals surface area contributed by atoms with Crippen LogP contribution in [0, 0.1) is 34.9 Å². The van der Waals surface area contributed by atoms with Gasteiger partial charge in [0.2, 0.25) is 23.6 Å². The third kappa shape index (κ3) is 4.21. The van der Waals surface area contributed by atoms with Gasteiger partial charge in [0.1, 0.15) is 11.6 Å². The summed E-state index contributed by atoms with van der Waals surface area (Å²) in [7, 11) is 0. The number of carbonyl (C=O) groups excluding carboxylic acids is 5. The minimum atomic E-state index is -1.37. The second-order valence-corrected chi connectivity index (χ2v) is 13.4. The van der Waals surface area contributed by atoms with Crippen molar-refractivity contribution in [2.24, 2.45) is 29.1 Å². The molecule has 0 aromatic heterocycles. The number of hydrogen-bond acceptors (Lipinski definition) is 6. The molecule has 0 unspecified atom stereocenters. The Morgan fingerprint density at radius 3 is 2.22 bits per heavy atom. The van der Waals surface area contributed by atoms with Gasteiger partial charge in [-0.15, -0.1) is 0 Å². The molecule has 2 aliphatic heterocycles. The average molecular weight is 662 g/mol. The van der Waals surface area contributed by atoms with Gasteiger partial charge in [-0.2, -0.15) is 0 Å². The Hall–Kier alpha value is -4.34. The quantitative estimate of drug-likeness (QED) is 0.195. The van der Waals surface area contributed by atoms with Gasteiger partial charge < -0.3 is 5.11 Å². The van der Waals surface area contributed by atoms with Gasteiger partial charge in [0.15, 0.2) is 5.78 Å². The molecule has 3 aromatic rings. The molecule has 234 valence electrons. The maximum absolute atomic E-state index is 14.5. The SMILES string of the molecule is CC(=O)c1ccc(N2C(=O)[C@H]3[C@H](CC=C4[C@H]3C[C@H]3C(=O)N(c5ccc(F)c(Cl)c5)C(=O)[C@@]3(C)[C@H]4c3ccc(O)cc3Cl)C2=O)cc1. The predicted molar refractivity (Wildman–Crippen MR) is 168 cm³/mol. The molecule has 4 aliphatic rings. The number of amides is 4. The van der Waals surface area contributed by atoms with Crippen LogP contribution in [0.1, 0.15) is 48.5 Å². The summed E-state index contributed by atoms with van der Waals surface area (Å²) in [6.07, 6.45) is 2.24. The summed E-state index contributed by atoms with van der Waals surface area (Å²) in [4.78, 5) is 70.7. The summed E-state index contributed by atoms with van der Waals surface area (Å²) in [5, 5.41) is 10.1. The number of allylic oxidation sites excluding steroid dienone is 2. The Labute approximate surface area is 273 Å². The van der Waals surface area contributed by atoms with Crippen molar-refractivity contribution in [3.8, 4) is 5.75 Å². The van der Waals surface area contributed by atoms with Crippen LogP contribution in [0.3, 0.4) is 0 Å². The molecular weight excluding hydrogens is 634 g/mol. The first-order valence-electron chi connectivity index (χ1n) is 14.8. The van der Waals surface area contributed by atoms with E-state index < -0.39 is 58.5 Å². The van der Waals surface area contributed by atoms with Gasteiger partial charge >= 0.3 is 0 Å². The first-order valence-corrected chi connectivity index (χ1v) is 15.6. The summed E-state index contributed by atoms with van der Waals surface area (Å²) >= 11 is 12.8. The van der Waals surface area contributed by atoms with Crippen LogP contribution in [-0.2, 0) is 19.2 Å². The minimum absolute atomic E-state index is 0.0834. The number of imide groups is 2. The number of ketones is 1. The zero-order valence-electron chi connectivity index (χ0n) is 24.7. The van der Waals surface area contributed by atoms with Crippen molar-refractivity contribution in [2.45, 2.75) is 32.6 Å². The summed E-state index contributed by atoms with van der Waals surface area (Å²) in [5.74, 6) is -6.55. The van der Waals surface area contributed by atoms with E-state index in [1.165, 1.54) is 31.2 Å². The average Bonchev–Trinajstić information content (AvgIpc) is 3.38. The number of aromatic hydroxyl groups is 1. The van der Waals surface area contributed by atoms with E-state index in [0.29, 0.717) is 16.8 Å². The molecule has 1 N–H and O–H groups in total. The van der Waals surface area contributed by atoms with E-state index in [4.69, 9.17) is 23.2 Å². The maximum atomic E-state index is 14.5. The number of benzene rings is 3. The van der Waals surface area contributed by atoms with Crippen LogP contribution in [0.25, 0.3) is 0 Å².